The van der Waals surface area contributed by atoms with E-state index in [2.05, 4.69) is 15.2 Å². The molecule has 27 heavy (non-hydrogen) atoms. The van der Waals surface area contributed by atoms with Gasteiger partial charge < -0.3 is 20.7 Å². The molecule has 2 aromatic rings. The van der Waals surface area contributed by atoms with E-state index in [1.165, 1.54) is 18.3 Å². The molecule has 1 aromatic heterocycles. The summed E-state index contributed by atoms with van der Waals surface area (Å²) in [5.41, 5.74) is 7.59. The molecule has 1 fully saturated rings. The third-order valence-corrected chi connectivity index (χ3v) is 4.45. The first-order chi connectivity index (χ1) is 13.0. The number of hydrogen-bond donors (Lipinski definition) is 2. The van der Waals surface area contributed by atoms with Gasteiger partial charge in [0.25, 0.3) is 5.91 Å². The third kappa shape index (κ3) is 4.45. The van der Waals surface area contributed by atoms with Crippen LogP contribution >= 0.6 is 0 Å². The van der Waals surface area contributed by atoms with Gasteiger partial charge in [-0.1, -0.05) is 0 Å². The van der Waals surface area contributed by atoms with Crippen LogP contribution in [0.25, 0.3) is 0 Å². The summed E-state index contributed by atoms with van der Waals surface area (Å²) in [6, 6.07) is 4.97. The Labute approximate surface area is 156 Å². The zero-order chi connectivity index (χ0) is 19.4. The Balaban J connectivity index is 1.65. The maximum atomic E-state index is 13.7. The standard InChI is InChI=1S/C19H22F2N4O2/c1-2-23-19(26)16-10-17(15(22)11-24-16)25-7-5-13(6-8-25)27-18-4-3-12(20)9-14(18)21/h3-4,9-11,13H,2,5-8,22H2,1H3,(H,23,26). The molecule has 1 aliphatic rings. The van der Waals surface area contributed by atoms with Crippen molar-refractivity contribution in [3.63, 3.8) is 0 Å². The number of amides is 1. The molecule has 0 radical (unpaired) electrons. The Kier molecular flexibility index (Phi) is 5.73. The highest BCUT2D eigenvalue weighted by atomic mass is 19.1. The predicted octanol–water partition coefficient (Wildman–Crippen LogP) is 2.74. The number of aromatic nitrogens is 1. The van der Waals surface area contributed by atoms with Gasteiger partial charge in [0.05, 0.1) is 17.6 Å². The minimum absolute atomic E-state index is 0.0526. The van der Waals surface area contributed by atoms with Crippen LogP contribution in [-0.2, 0) is 0 Å². The monoisotopic (exact) mass is 376 g/mol. The van der Waals surface area contributed by atoms with Crippen LogP contribution in [0.4, 0.5) is 20.2 Å². The molecule has 0 spiro atoms. The van der Waals surface area contributed by atoms with Crippen LogP contribution in [0.3, 0.4) is 0 Å². The number of rotatable bonds is 5. The fourth-order valence-electron chi connectivity index (χ4n) is 3.07. The van der Waals surface area contributed by atoms with E-state index < -0.39 is 11.6 Å². The number of carbonyl (C=O) groups excluding carboxylic acids is 1. The van der Waals surface area contributed by atoms with E-state index in [4.69, 9.17) is 10.5 Å². The number of ether oxygens (including phenoxy) is 1. The van der Waals surface area contributed by atoms with Crippen LogP contribution in [-0.4, -0.2) is 36.6 Å². The Morgan fingerprint density at radius 3 is 2.74 bits per heavy atom. The van der Waals surface area contributed by atoms with Gasteiger partial charge >= 0.3 is 0 Å². The van der Waals surface area contributed by atoms with E-state index in [1.54, 1.807) is 6.07 Å². The second kappa shape index (κ2) is 8.20. The highest BCUT2D eigenvalue weighted by Gasteiger charge is 2.24. The number of nitrogens with zero attached hydrogens (tertiary/aromatic N) is 2. The molecule has 0 atom stereocenters. The van der Waals surface area contributed by atoms with Gasteiger partial charge in [-0.2, -0.15) is 0 Å². The van der Waals surface area contributed by atoms with Crippen molar-refractivity contribution in [2.24, 2.45) is 0 Å². The highest BCUT2D eigenvalue weighted by Crippen LogP contribution is 2.28. The maximum Gasteiger partial charge on any atom is 0.269 e. The largest absolute Gasteiger partial charge is 0.487 e. The Bertz CT molecular complexity index is 823. The van der Waals surface area contributed by atoms with Crippen molar-refractivity contribution in [3.8, 4) is 5.75 Å². The van der Waals surface area contributed by atoms with E-state index >= 15 is 0 Å². The summed E-state index contributed by atoms with van der Waals surface area (Å²) >= 11 is 0. The van der Waals surface area contributed by atoms with E-state index in [0.717, 1.165) is 11.8 Å². The second-order valence-corrected chi connectivity index (χ2v) is 6.37. The lowest BCUT2D eigenvalue weighted by atomic mass is 10.1. The molecule has 2 heterocycles. The first-order valence-electron chi connectivity index (χ1n) is 8.88. The molecule has 0 unspecified atom stereocenters. The lowest BCUT2D eigenvalue weighted by Gasteiger charge is -2.34. The topological polar surface area (TPSA) is 80.5 Å². The van der Waals surface area contributed by atoms with Gasteiger partial charge in [-0.25, -0.2) is 13.8 Å². The van der Waals surface area contributed by atoms with Crippen LogP contribution in [0.15, 0.2) is 30.5 Å². The van der Waals surface area contributed by atoms with Gasteiger partial charge in [-0.05, 0) is 25.1 Å². The lowest BCUT2D eigenvalue weighted by molar-refractivity contribution is 0.0951. The van der Waals surface area contributed by atoms with E-state index in [0.29, 0.717) is 43.9 Å². The summed E-state index contributed by atoms with van der Waals surface area (Å²) in [6.07, 6.45) is 2.60. The molecule has 0 aliphatic carbocycles. The van der Waals surface area contributed by atoms with Gasteiger partial charge in [0.1, 0.15) is 17.6 Å². The third-order valence-electron chi connectivity index (χ3n) is 4.45. The van der Waals surface area contributed by atoms with E-state index in [9.17, 15) is 13.6 Å². The van der Waals surface area contributed by atoms with Crippen molar-refractivity contribution < 1.29 is 18.3 Å². The zero-order valence-electron chi connectivity index (χ0n) is 15.0. The number of nitrogen functional groups attached to an aromatic ring is 1. The van der Waals surface area contributed by atoms with Crippen LogP contribution < -0.4 is 20.7 Å². The summed E-state index contributed by atoms with van der Waals surface area (Å²) in [5.74, 6) is -1.53. The fourth-order valence-corrected chi connectivity index (χ4v) is 3.07. The van der Waals surface area contributed by atoms with Gasteiger partial charge in [-0.3, -0.25) is 4.79 Å². The van der Waals surface area contributed by atoms with Crippen LogP contribution in [0.5, 0.6) is 5.75 Å². The molecule has 3 N–H and O–H groups in total. The normalized spacial score (nSPS) is 14.9. The molecular formula is C19H22F2N4O2. The number of nitrogens with two attached hydrogens (primary N) is 1. The molecular weight excluding hydrogens is 354 g/mol. The molecule has 0 bridgehead atoms. The number of benzene rings is 1. The summed E-state index contributed by atoms with van der Waals surface area (Å²) < 4.78 is 32.4. The number of anilines is 2. The molecule has 6 nitrogen and oxygen atoms in total. The number of piperidine rings is 1. The SMILES string of the molecule is CCNC(=O)c1cc(N2CCC(Oc3ccc(F)cc3F)CC2)c(N)cn1. The number of carbonyl (C=O) groups is 1. The Hall–Kier alpha value is -2.90. The first-order valence-corrected chi connectivity index (χ1v) is 8.88. The number of pyridine rings is 1. The van der Waals surface area contributed by atoms with Crippen molar-refractivity contribution in [2.75, 3.05) is 30.3 Å². The van der Waals surface area contributed by atoms with E-state index in [-0.39, 0.29) is 17.8 Å². The Morgan fingerprint density at radius 2 is 2.07 bits per heavy atom. The minimum Gasteiger partial charge on any atom is -0.487 e. The van der Waals surface area contributed by atoms with Crippen LogP contribution in [0.1, 0.15) is 30.3 Å². The predicted molar refractivity (Wildman–Crippen MR) is 98.9 cm³/mol. The summed E-state index contributed by atoms with van der Waals surface area (Å²) in [6.45, 7) is 3.63. The summed E-state index contributed by atoms with van der Waals surface area (Å²) in [7, 11) is 0. The zero-order valence-corrected chi connectivity index (χ0v) is 15.0. The molecule has 1 saturated heterocycles. The minimum atomic E-state index is -0.706. The van der Waals surface area contributed by atoms with Gasteiger partial charge in [0, 0.05) is 38.5 Å². The van der Waals surface area contributed by atoms with Gasteiger partial charge in [0.15, 0.2) is 11.6 Å². The van der Waals surface area contributed by atoms with Crippen LogP contribution in [0, 0.1) is 11.6 Å². The molecule has 0 saturated carbocycles. The van der Waals surface area contributed by atoms with Crippen molar-refractivity contribution >= 4 is 17.3 Å². The van der Waals surface area contributed by atoms with Crippen molar-refractivity contribution in [3.05, 3.63) is 47.8 Å². The highest BCUT2D eigenvalue weighted by molar-refractivity contribution is 5.94. The second-order valence-electron chi connectivity index (χ2n) is 6.37. The average molecular weight is 376 g/mol. The summed E-state index contributed by atoms with van der Waals surface area (Å²) in [5, 5.41) is 2.71. The average Bonchev–Trinajstić information content (AvgIpc) is 2.65. The van der Waals surface area contributed by atoms with Gasteiger partial charge in [-0.15, -0.1) is 0 Å². The number of halogens is 2. The smallest absolute Gasteiger partial charge is 0.269 e. The number of hydrogen-bond acceptors (Lipinski definition) is 5. The van der Waals surface area contributed by atoms with Crippen LogP contribution in [0.2, 0.25) is 0 Å². The van der Waals surface area contributed by atoms with Gasteiger partial charge in [0.2, 0.25) is 0 Å². The quantitative estimate of drug-likeness (QED) is 0.839. The molecule has 8 heteroatoms. The molecule has 1 aliphatic heterocycles. The molecule has 144 valence electrons. The molecule has 1 aromatic carbocycles. The number of nitrogens with one attached hydrogen (secondary N) is 1. The van der Waals surface area contributed by atoms with Crippen molar-refractivity contribution in [1.82, 2.24) is 10.3 Å². The Morgan fingerprint density at radius 1 is 1.33 bits per heavy atom. The van der Waals surface area contributed by atoms with Crippen molar-refractivity contribution in [1.29, 1.82) is 0 Å². The molecule has 1 amide bonds. The first kappa shape index (κ1) is 18.9. The molecule has 3 rings (SSSR count). The summed E-state index contributed by atoms with van der Waals surface area (Å²) in [4.78, 5) is 18.1. The van der Waals surface area contributed by atoms with Crippen molar-refractivity contribution in [2.45, 2.75) is 25.9 Å². The fraction of sp³-hybridized carbons (Fsp3) is 0.368. The lowest BCUT2D eigenvalue weighted by Crippen LogP contribution is -2.39. The maximum absolute atomic E-state index is 13.7. The van der Waals surface area contributed by atoms with E-state index in [1.807, 2.05) is 6.92 Å².